The fourth-order valence-electron chi connectivity index (χ4n) is 3.49. The summed E-state index contributed by atoms with van der Waals surface area (Å²) < 4.78 is 0. The van der Waals surface area contributed by atoms with E-state index in [1.165, 1.54) is 6.42 Å². The molecule has 3 amide bonds. The molecule has 0 bridgehead atoms. The van der Waals surface area contributed by atoms with E-state index in [0.717, 1.165) is 39.0 Å². The maximum absolute atomic E-state index is 12.6. The van der Waals surface area contributed by atoms with Gasteiger partial charge in [0.25, 0.3) is 5.91 Å². The number of piperazine rings is 1. The van der Waals surface area contributed by atoms with Crippen molar-refractivity contribution in [3.8, 4) is 0 Å². The minimum atomic E-state index is -0.220. The normalized spacial score (nSPS) is 20.2. The van der Waals surface area contributed by atoms with Gasteiger partial charge in [0, 0.05) is 37.9 Å². The molecular weight excluding hydrogens is 340 g/mol. The lowest BCUT2D eigenvalue weighted by Crippen LogP contribution is -2.53. The van der Waals surface area contributed by atoms with Crippen molar-refractivity contribution in [1.29, 1.82) is 0 Å². The van der Waals surface area contributed by atoms with Crippen LogP contribution in [-0.2, 0) is 0 Å². The van der Waals surface area contributed by atoms with E-state index in [2.05, 4.69) is 15.5 Å². The molecule has 136 valence electrons. The summed E-state index contributed by atoms with van der Waals surface area (Å²) in [5, 5.41) is 6.09. The average molecular weight is 365 g/mol. The fourth-order valence-corrected chi connectivity index (χ4v) is 3.69. The lowest BCUT2D eigenvalue weighted by atomic mass is 10.1. The second-order valence-corrected chi connectivity index (χ2v) is 7.07. The highest BCUT2D eigenvalue weighted by Crippen LogP contribution is 2.23. The molecule has 25 heavy (non-hydrogen) atoms. The first kappa shape index (κ1) is 18.0. The molecule has 2 N–H and O–H groups in total. The highest BCUT2D eigenvalue weighted by molar-refractivity contribution is 6.34. The Balaban J connectivity index is 1.64. The van der Waals surface area contributed by atoms with E-state index >= 15 is 0 Å². The molecule has 1 aromatic carbocycles. The molecule has 2 aliphatic rings. The van der Waals surface area contributed by atoms with Crippen molar-refractivity contribution in [2.24, 2.45) is 0 Å². The van der Waals surface area contributed by atoms with E-state index in [-0.39, 0.29) is 11.9 Å². The Morgan fingerprint density at radius 3 is 2.92 bits per heavy atom. The molecule has 6 nitrogen and oxygen atoms in total. The van der Waals surface area contributed by atoms with Gasteiger partial charge in [-0.1, -0.05) is 18.5 Å². The molecule has 2 heterocycles. The molecule has 0 unspecified atom stereocenters. The molecule has 0 aromatic heterocycles. The molecule has 0 saturated carbocycles. The molecule has 3 rings (SSSR count). The molecule has 1 aromatic rings. The Morgan fingerprint density at radius 2 is 2.12 bits per heavy atom. The smallest absolute Gasteiger partial charge is 0.321 e. The van der Waals surface area contributed by atoms with E-state index in [0.29, 0.717) is 28.9 Å². The van der Waals surface area contributed by atoms with E-state index < -0.39 is 0 Å². The zero-order chi connectivity index (χ0) is 17.8. The van der Waals surface area contributed by atoms with Crippen LogP contribution in [0.25, 0.3) is 0 Å². The van der Waals surface area contributed by atoms with Gasteiger partial charge in [-0.05, 0) is 44.0 Å². The van der Waals surface area contributed by atoms with Gasteiger partial charge in [-0.2, -0.15) is 0 Å². The summed E-state index contributed by atoms with van der Waals surface area (Å²) in [6, 6.07) is 5.38. The summed E-state index contributed by atoms with van der Waals surface area (Å²) in [5.74, 6) is -0.220. The first-order valence-electron chi connectivity index (χ1n) is 8.96. The summed E-state index contributed by atoms with van der Waals surface area (Å²) in [5.41, 5.74) is 0.971. The maximum atomic E-state index is 12.6. The lowest BCUT2D eigenvalue weighted by molar-refractivity contribution is 0.0953. The highest BCUT2D eigenvalue weighted by Gasteiger charge is 2.32. The van der Waals surface area contributed by atoms with Crippen molar-refractivity contribution in [3.63, 3.8) is 0 Å². The van der Waals surface area contributed by atoms with Gasteiger partial charge in [0.2, 0.25) is 0 Å². The first-order valence-corrected chi connectivity index (χ1v) is 9.34. The van der Waals surface area contributed by atoms with Crippen LogP contribution in [0.1, 0.15) is 36.5 Å². The number of nitrogens with zero attached hydrogens (tertiary/aromatic N) is 2. The number of carbonyl (C=O) groups excluding carboxylic acids is 2. The minimum absolute atomic E-state index is 0.117. The topological polar surface area (TPSA) is 64.7 Å². The third-order valence-electron chi connectivity index (χ3n) is 4.87. The van der Waals surface area contributed by atoms with Crippen molar-refractivity contribution in [2.45, 2.75) is 32.2 Å². The summed E-state index contributed by atoms with van der Waals surface area (Å²) in [4.78, 5) is 29.0. The number of benzene rings is 1. The van der Waals surface area contributed by atoms with Gasteiger partial charge in [-0.15, -0.1) is 0 Å². The Bertz CT molecular complexity index is 652. The van der Waals surface area contributed by atoms with Gasteiger partial charge in [0.15, 0.2) is 0 Å². The number of fused-ring (bicyclic) bond motifs is 1. The van der Waals surface area contributed by atoms with E-state index in [1.807, 2.05) is 11.8 Å². The number of amides is 3. The Kier molecular flexibility index (Phi) is 5.81. The second-order valence-electron chi connectivity index (χ2n) is 6.66. The molecule has 0 radical (unpaired) electrons. The monoisotopic (exact) mass is 364 g/mol. The summed E-state index contributed by atoms with van der Waals surface area (Å²) in [7, 11) is 0. The van der Waals surface area contributed by atoms with Gasteiger partial charge in [0.05, 0.1) is 10.6 Å². The maximum Gasteiger partial charge on any atom is 0.321 e. The number of anilines is 1. The van der Waals surface area contributed by atoms with Crippen molar-refractivity contribution >= 4 is 29.2 Å². The summed E-state index contributed by atoms with van der Waals surface area (Å²) in [6.07, 6.45) is 3.23. The number of hydrogen-bond donors (Lipinski definition) is 2. The van der Waals surface area contributed by atoms with Crippen molar-refractivity contribution in [2.75, 3.05) is 38.0 Å². The summed E-state index contributed by atoms with van der Waals surface area (Å²) in [6.45, 7) is 6.17. The molecule has 7 heteroatoms. The number of hydrogen-bond acceptors (Lipinski definition) is 3. The first-order chi connectivity index (χ1) is 12.1. The van der Waals surface area contributed by atoms with Crippen LogP contribution in [0.4, 0.5) is 10.5 Å². The third kappa shape index (κ3) is 4.25. The SMILES string of the molecule is CCCNC(=O)c1cc(NC(=O)N2CCN3CCC[C@H]3C2)ccc1Cl. The lowest BCUT2D eigenvalue weighted by Gasteiger charge is -2.37. The average Bonchev–Trinajstić information content (AvgIpc) is 3.08. The Labute approximate surface area is 153 Å². The van der Waals surface area contributed by atoms with E-state index in [9.17, 15) is 9.59 Å². The Morgan fingerprint density at radius 1 is 1.28 bits per heavy atom. The Hall–Kier alpha value is -1.79. The van der Waals surface area contributed by atoms with Gasteiger partial charge < -0.3 is 15.5 Å². The van der Waals surface area contributed by atoms with Crippen LogP contribution in [-0.4, -0.2) is 60.5 Å². The van der Waals surface area contributed by atoms with Crippen molar-refractivity contribution < 1.29 is 9.59 Å². The second kappa shape index (κ2) is 8.06. The zero-order valence-electron chi connectivity index (χ0n) is 14.6. The minimum Gasteiger partial charge on any atom is -0.352 e. The van der Waals surface area contributed by atoms with Crippen LogP contribution < -0.4 is 10.6 Å². The number of halogens is 1. The number of rotatable bonds is 4. The van der Waals surface area contributed by atoms with Crippen molar-refractivity contribution in [3.05, 3.63) is 28.8 Å². The predicted molar refractivity (Wildman–Crippen MR) is 99.3 cm³/mol. The van der Waals surface area contributed by atoms with Crippen LogP contribution in [0.2, 0.25) is 5.02 Å². The van der Waals surface area contributed by atoms with Crippen LogP contribution in [0, 0.1) is 0 Å². The molecular formula is C18H25ClN4O2. The quantitative estimate of drug-likeness (QED) is 0.863. The predicted octanol–water partition coefficient (Wildman–Crippen LogP) is 2.79. The largest absolute Gasteiger partial charge is 0.352 e. The molecule has 2 fully saturated rings. The van der Waals surface area contributed by atoms with Gasteiger partial charge in [-0.25, -0.2) is 4.79 Å². The van der Waals surface area contributed by atoms with Crippen molar-refractivity contribution in [1.82, 2.24) is 15.1 Å². The molecule has 2 saturated heterocycles. The number of nitrogens with one attached hydrogen (secondary N) is 2. The fraction of sp³-hybridized carbons (Fsp3) is 0.556. The molecule has 0 spiro atoms. The van der Waals surface area contributed by atoms with Crippen LogP contribution >= 0.6 is 11.6 Å². The van der Waals surface area contributed by atoms with Crippen LogP contribution in [0.3, 0.4) is 0 Å². The van der Waals surface area contributed by atoms with E-state index in [4.69, 9.17) is 11.6 Å². The zero-order valence-corrected chi connectivity index (χ0v) is 15.3. The van der Waals surface area contributed by atoms with E-state index in [1.54, 1.807) is 18.2 Å². The summed E-state index contributed by atoms with van der Waals surface area (Å²) >= 11 is 6.13. The third-order valence-corrected chi connectivity index (χ3v) is 5.20. The van der Waals surface area contributed by atoms with Gasteiger partial charge in [-0.3, -0.25) is 9.69 Å². The van der Waals surface area contributed by atoms with Gasteiger partial charge >= 0.3 is 6.03 Å². The number of carbonyl (C=O) groups is 2. The standard InChI is InChI=1S/C18H25ClN4O2/c1-2-7-20-17(24)15-11-13(5-6-16(15)19)21-18(25)23-10-9-22-8-3-4-14(22)12-23/h5-6,11,14H,2-4,7-10,12H2,1H3,(H,20,24)(H,21,25)/t14-/m0/s1. The molecule has 2 aliphatic heterocycles. The molecule has 0 aliphatic carbocycles. The highest BCUT2D eigenvalue weighted by atomic mass is 35.5. The van der Waals surface area contributed by atoms with Gasteiger partial charge in [0.1, 0.15) is 0 Å². The van der Waals surface area contributed by atoms with Crippen LogP contribution in [0.15, 0.2) is 18.2 Å². The molecule has 1 atom stereocenters. The number of urea groups is 1. The van der Waals surface area contributed by atoms with Crippen LogP contribution in [0.5, 0.6) is 0 Å².